The average molecular weight is 246 g/mol. The van der Waals surface area contributed by atoms with Crippen LogP contribution in [0.25, 0.3) is 10.9 Å². The monoisotopic (exact) mass is 246 g/mol. The number of anilines is 2. The Hall–Kier alpha value is -2.04. The molecule has 5 nitrogen and oxygen atoms in total. The van der Waals surface area contributed by atoms with Gasteiger partial charge in [0.15, 0.2) is 0 Å². The van der Waals surface area contributed by atoms with Crippen LogP contribution in [-0.2, 0) is 0 Å². The van der Waals surface area contributed by atoms with E-state index in [2.05, 4.69) is 29.1 Å². The van der Waals surface area contributed by atoms with Crippen LogP contribution in [0.3, 0.4) is 0 Å². The molecule has 0 fully saturated rings. The lowest BCUT2D eigenvalue weighted by atomic mass is 10.2. The van der Waals surface area contributed by atoms with Gasteiger partial charge in [0.25, 0.3) is 5.56 Å². The zero-order valence-electron chi connectivity index (χ0n) is 10.7. The van der Waals surface area contributed by atoms with Crippen LogP contribution in [0.2, 0.25) is 0 Å². The van der Waals surface area contributed by atoms with Crippen LogP contribution in [0, 0.1) is 0 Å². The van der Waals surface area contributed by atoms with Crippen molar-refractivity contribution in [3.63, 3.8) is 0 Å². The number of nitrogens with zero attached hydrogens (tertiary/aromatic N) is 1. The van der Waals surface area contributed by atoms with Crippen LogP contribution in [0.4, 0.5) is 11.6 Å². The second-order valence-electron chi connectivity index (χ2n) is 4.53. The third kappa shape index (κ3) is 2.61. The van der Waals surface area contributed by atoms with E-state index in [1.165, 1.54) is 0 Å². The zero-order valence-corrected chi connectivity index (χ0v) is 10.7. The molecule has 18 heavy (non-hydrogen) atoms. The summed E-state index contributed by atoms with van der Waals surface area (Å²) in [5.74, 6) is 0.512. The fourth-order valence-electron chi connectivity index (χ4n) is 1.96. The molecule has 2 rings (SSSR count). The standard InChI is InChI=1S/C13H18N4O/c1-3-4-8(2)15-13-16-11-6-5-9(14)7-10(11)12(18)17-13/h5-8H,3-4,14H2,1-2H3,(H2,15,16,17,18). The number of aromatic amines is 1. The lowest BCUT2D eigenvalue weighted by molar-refractivity contribution is 0.684. The number of hydrogen-bond donors (Lipinski definition) is 3. The van der Waals surface area contributed by atoms with E-state index < -0.39 is 0 Å². The van der Waals surface area contributed by atoms with Crippen molar-refractivity contribution in [3.8, 4) is 0 Å². The van der Waals surface area contributed by atoms with Crippen molar-refractivity contribution in [1.82, 2.24) is 9.97 Å². The molecule has 0 aliphatic rings. The molecule has 0 spiro atoms. The van der Waals surface area contributed by atoms with E-state index in [0.717, 1.165) is 12.8 Å². The maximum atomic E-state index is 11.9. The quantitative estimate of drug-likeness (QED) is 0.721. The molecule has 1 heterocycles. The van der Waals surface area contributed by atoms with Crippen molar-refractivity contribution < 1.29 is 0 Å². The summed E-state index contributed by atoms with van der Waals surface area (Å²) in [6.45, 7) is 4.19. The molecule has 5 heteroatoms. The van der Waals surface area contributed by atoms with Crippen molar-refractivity contribution in [2.24, 2.45) is 0 Å². The SMILES string of the molecule is CCCC(C)Nc1nc2ccc(N)cc2c(=O)[nH]1. The van der Waals surface area contributed by atoms with Crippen molar-refractivity contribution in [2.45, 2.75) is 32.7 Å². The number of benzene rings is 1. The molecule has 0 aliphatic heterocycles. The molecule has 0 amide bonds. The van der Waals surface area contributed by atoms with Crippen LogP contribution >= 0.6 is 0 Å². The topological polar surface area (TPSA) is 83.8 Å². The predicted molar refractivity (Wildman–Crippen MR) is 74.8 cm³/mol. The highest BCUT2D eigenvalue weighted by Crippen LogP contribution is 2.13. The number of rotatable bonds is 4. The molecule has 4 N–H and O–H groups in total. The highest BCUT2D eigenvalue weighted by molar-refractivity contribution is 5.81. The molecule has 1 atom stereocenters. The van der Waals surface area contributed by atoms with Crippen molar-refractivity contribution >= 4 is 22.5 Å². The Labute approximate surface area is 105 Å². The van der Waals surface area contributed by atoms with E-state index in [1.54, 1.807) is 18.2 Å². The van der Waals surface area contributed by atoms with Gasteiger partial charge in [-0.15, -0.1) is 0 Å². The predicted octanol–water partition coefficient (Wildman–Crippen LogP) is 2.11. The summed E-state index contributed by atoms with van der Waals surface area (Å²) in [6, 6.07) is 5.42. The number of nitrogens with two attached hydrogens (primary N) is 1. The summed E-state index contributed by atoms with van der Waals surface area (Å²) < 4.78 is 0. The number of H-pyrrole nitrogens is 1. The van der Waals surface area contributed by atoms with Crippen LogP contribution in [-0.4, -0.2) is 16.0 Å². The Morgan fingerprint density at radius 1 is 1.50 bits per heavy atom. The fraction of sp³-hybridized carbons (Fsp3) is 0.385. The summed E-state index contributed by atoms with van der Waals surface area (Å²) in [6.07, 6.45) is 2.12. The summed E-state index contributed by atoms with van der Waals surface area (Å²) in [7, 11) is 0. The van der Waals surface area contributed by atoms with Crippen LogP contribution in [0.1, 0.15) is 26.7 Å². The summed E-state index contributed by atoms with van der Waals surface area (Å²) in [5.41, 5.74) is 6.70. The maximum absolute atomic E-state index is 11.9. The normalized spacial score (nSPS) is 12.6. The van der Waals surface area contributed by atoms with Crippen molar-refractivity contribution in [2.75, 3.05) is 11.1 Å². The van der Waals surface area contributed by atoms with Gasteiger partial charge in [-0.25, -0.2) is 4.98 Å². The van der Waals surface area contributed by atoms with Gasteiger partial charge in [-0.2, -0.15) is 0 Å². The average Bonchev–Trinajstić information content (AvgIpc) is 2.30. The number of nitrogen functional groups attached to an aromatic ring is 1. The first kappa shape index (κ1) is 12.4. The van der Waals surface area contributed by atoms with Gasteiger partial charge < -0.3 is 11.1 Å². The molecule has 1 unspecified atom stereocenters. The third-order valence-electron chi connectivity index (χ3n) is 2.83. The zero-order chi connectivity index (χ0) is 13.1. The van der Waals surface area contributed by atoms with Gasteiger partial charge in [0, 0.05) is 11.7 Å². The van der Waals surface area contributed by atoms with Gasteiger partial charge in [-0.05, 0) is 31.5 Å². The summed E-state index contributed by atoms with van der Waals surface area (Å²) >= 11 is 0. The third-order valence-corrected chi connectivity index (χ3v) is 2.83. The van der Waals surface area contributed by atoms with Gasteiger partial charge in [-0.1, -0.05) is 13.3 Å². The van der Waals surface area contributed by atoms with E-state index in [4.69, 9.17) is 5.73 Å². The Kier molecular flexibility index (Phi) is 3.50. The molecular weight excluding hydrogens is 228 g/mol. The smallest absolute Gasteiger partial charge is 0.260 e. The number of hydrogen-bond acceptors (Lipinski definition) is 4. The molecule has 0 aliphatic carbocycles. The number of nitrogens with one attached hydrogen (secondary N) is 2. The second kappa shape index (κ2) is 5.08. The second-order valence-corrected chi connectivity index (χ2v) is 4.53. The Bertz CT molecular complexity index is 605. The van der Waals surface area contributed by atoms with Gasteiger partial charge in [0.1, 0.15) is 0 Å². The van der Waals surface area contributed by atoms with Crippen LogP contribution in [0.5, 0.6) is 0 Å². The largest absolute Gasteiger partial charge is 0.399 e. The first-order valence-electron chi connectivity index (χ1n) is 6.16. The molecule has 1 aromatic carbocycles. The fourth-order valence-corrected chi connectivity index (χ4v) is 1.96. The molecule has 0 radical (unpaired) electrons. The lowest BCUT2D eigenvalue weighted by Gasteiger charge is -2.13. The molecule has 0 bridgehead atoms. The Morgan fingerprint density at radius 3 is 3.00 bits per heavy atom. The number of fused-ring (bicyclic) bond motifs is 1. The Balaban J connectivity index is 2.37. The van der Waals surface area contributed by atoms with E-state index in [0.29, 0.717) is 22.5 Å². The molecular formula is C13H18N4O. The van der Waals surface area contributed by atoms with Gasteiger partial charge >= 0.3 is 0 Å². The first-order chi connectivity index (χ1) is 8.60. The summed E-state index contributed by atoms with van der Waals surface area (Å²) in [4.78, 5) is 19.0. The molecule has 2 aromatic rings. The molecule has 96 valence electrons. The maximum Gasteiger partial charge on any atom is 0.260 e. The minimum absolute atomic E-state index is 0.168. The first-order valence-corrected chi connectivity index (χ1v) is 6.16. The van der Waals surface area contributed by atoms with Gasteiger partial charge in [0.2, 0.25) is 5.95 Å². The van der Waals surface area contributed by atoms with E-state index >= 15 is 0 Å². The van der Waals surface area contributed by atoms with Gasteiger partial charge in [-0.3, -0.25) is 9.78 Å². The van der Waals surface area contributed by atoms with Crippen LogP contribution < -0.4 is 16.6 Å². The van der Waals surface area contributed by atoms with E-state index in [9.17, 15) is 4.79 Å². The number of aromatic nitrogens is 2. The lowest BCUT2D eigenvalue weighted by Crippen LogP contribution is -2.20. The highest BCUT2D eigenvalue weighted by Gasteiger charge is 2.06. The minimum Gasteiger partial charge on any atom is -0.399 e. The van der Waals surface area contributed by atoms with Crippen molar-refractivity contribution in [3.05, 3.63) is 28.6 Å². The Morgan fingerprint density at radius 2 is 2.28 bits per heavy atom. The van der Waals surface area contributed by atoms with Crippen LogP contribution in [0.15, 0.2) is 23.0 Å². The molecule has 0 saturated carbocycles. The van der Waals surface area contributed by atoms with E-state index in [-0.39, 0.29) is 11.6 Å². The van der Waals surface area contributed by atoms with E-state index in [1.807, 2.05) is 0 Å². The molecule has 1 aromatic heterocycles. The molecule has 0 saturated heterocycles. The van der Waals surface area contributed by atoms with Crippen molar-refractivity contribution in [1.29, 1.82) is 0 Å². The minimum atomic E-state index is -0.168. The summed E-state index contributed by atoms with van der Waals surface area (Å²) in [5, 5.41) is 3.71. The van der Waals surface area contributed by atoms with Gasteiger partial charge in [0.05, 0.1) is 10.9 Å². The highest BCUT2D eigenvalue weighted by atomic mass is 16.1.